The third-order valence-corrected chi connectivity index (χ3v) is 2.66. The van der Waals surface area contributed by atoms with Crippen LogP contribution in [0.1, 0.15) is 39.5 Å². The van der Waals surface area contributed by atoms with E-state index in [0.717, 1.165) is 25.7 Å². The van der Waals surface area contributed by atoms with E-state index in [2.05, 4.69) is 13.0 Å². The van der Waals surface area contributed by atoms with Crippen LogP contribution < -0.4 is 0 Å². The number of hydrogen-bond donors (Lipinski definition) is 0. The van der Waals surface area contributed by atoms with Crippen molar-refractivity contribution in [2.24, 2.45) is 5.92 Å². The second kappa shape index (κ2) is 5.05. The summed E-state index contributed by atoms with van der Waals surface area (Å²) in [4.78, 5) is 11.4. The molecule has 0 amide bonds. The molecule has 0 spiro atoms. The van der Waals surface area contributed by atoms with Crippen LogP contribution in [0, 0.1) is 5.92 Å². The maximum atomic E-state index is 11.4. The van der Waals surface area contributed by atoms with Gasteiger partial charge in [-0.05, 0) is 39.5 Å². The van der Waals surface area contributed by atoms with Crippen LogP contribution in [0.25, 0.3) is 0 Å². The Morgan fingerprint density at radius 2 is 2.15 bits per heavy atom. The molecule has 0 aromatic carbocycles. The summed E-state index contributed by atoms with van der Waals surface area (Å²) in [6, 6.07) is 0. The number of rotatable bonds is 2. The molecular weight excluding hydrogens is 164 g/mol. The fourth-order valence-electron chi connectivity index (χ4n) is 1.77. The summed E-state index contributed by atoms with van der Waals surface area (Å²) >= 11 is 0. The van der Waals surface area contributed by atoms with Crippen LogP contribution in [0.3, 0.4) is 0 Å². The summed E-state index contributed by atoms with van der Waals surface area (Å²) in [6.07, 6.45) is 6.25. The Labute approximate surface area is 80.0 Å². The summed E-state index contributed by atoms with van der Waals surface area (Å²) in [6.45, 7) is 4.43. The van der Waals surface area contributed by atoms with Crippen molar-refractivity contribution in [3.63, 3.8) is 0 Å². The highest BCUT2D eigenvalue weighted by molar-refractivity contribution is 5.72. The Morgan fingerprint density at radius 1 is 1.54 bits per heavy atom. The molecule has 74 valence electrons. The highest BCUT2D eigenvalue weighted by Crippen LogP contribution is 2.28. The molecule has 0 bridgehead atoms. The van der Waals surface area contributed by atoms with Crippen molar-refractivity contribution >= 4 is 5.97 Å². The Morgan fingerprint density at radius 3 is 2.62 bits per heavy atom. The number of allylic oxidation sites excluding steroid dienone is 2. The van der Waals surface area contributed by atoms with Gasteiger partial charge in [-0.25, -0.2) is 0 Å². The average Bonchev–Trinajstić information content (AvgIpc) is 2.18. The van der Waals surface area contributed by atoms with E-state index in [4.69, 9.17) is 4.74 Å². The smallest absolute Gasteiger partial charge is 0.308 e. The molecule has 13 heavy (non-hydrogen) atoms. The lowest BCUT2D eigenvalue weighted by molar-refractivity contribution is -0.148. The standard InChI is InChI=1S/C11H18O2/c1-3-9-5-7-10(8-6-9)11(12)13-4-2/h3,10H,4-8H2,1-2H3. The summed E-state index contributed by atoms with van der Waals surface area (Å²) < 4.78 is 4.99. The maximum Gasteiger partial charge on any atom is 0.308 e. The zero-order chi connectivity index (χ0) is 9.68. The van der Waals surface area contributed by atoms with Crippen LogP contribution in [0.4, 0.5) is 0 Å². The zero-order valence-electron chi connectivity index (χ0n) is 8.51. The normalized spacial score (nSPS) is 22.6. The molecule has 0 aromatic heterocycles. The van der Waals surface area contributed by atoms with E-state index >= 15 is 0 Å². The predicted octanol–water partition coefficient (Wildman–Crippen LogP) is 2.69. The van der Waals surface area contributed by atoms with Gasteiger partial charge in [0.2, 0.25) is 0 Å². The number of esters is 1. The van der Waals surface area contributed by atoms with Crippen LogP contribution in [0.2, 0.25) is 0 Å². The lowest BCUT2D eigenvalue weighted by atomic mass is 9.86. The van der Waals surface area contributed by atoms with Gasteiger partial charge in [0.1, 0.15) is 0 Å². The van der Waals surface area contributed by atoms with Crippen LogP contribution >= 0.6 is 0 Å². The first-order chi connectivity index (χ1) is 6.27. The van der Waals surface area contributed by atoms with E-state index in [9.17, 15) is 4.79 Å². The molecule has 1 aliphatic carbocycles. The highest BCUT2D eigenvalue weighted by Gasteiger charge is 2.23. The SMILES string of the molecule is CC=C1CCC(C(=O)OCC)CC1. The third kappa shape index (κ3) is 2.87. The minimum Gasteiger partial charge on any atom is -0.466 e. The summed E-state index contributed by atoms with van der Waals surface area (Å²) in [5, 5.41) is 0. The van der Waals surface area contributed by atoms with Crippen LogP contribution in [-0.2, 0) is 9.53 Å². The molecule has 0 N–H and O–H groups in total. The average molecular weight is 182 g/mol. The first kappa shape index (κ1) is 10.3. The molecule has 1 saturated carbocycles. The number of ether oxygens (including phenoxy) is 1. The minimum atomic E-state index is -0.00217. The molecule has 0 aliphatic heterocycles. The van der Waals surface area contributed by atoms with E-state index < -0.39 is 0 Å². The monoisotopic (exact) mass is 182 g/mol. The molecular formula is C11H18O2. The summed E-state index contributed by atoms with van der Waals surface area (Å²) in [5.74, 6) is 0.154. The van der Waals surface area contributed by atoms with Crippen molar-refractivity contribution in [1.29, 1.82) is 0 Å². The fraction of sp³-hybridized carbons (Fsp3) is 0.727. The van der Waals surface area contributed by atoms with Gasteiger partial charge in [0.25, 0.3) is 0 Å². The van der Waals surface area contributed by atoms with Gasteiger partial charge in [-0.1, -0.05) is 11.6 Å². The molecule has 1 aliphatic rings. The first-order valence-corrected chi connectivity index (χ1v) is 5.08. The van der Waals surface area contributed by atoms with Crippen molar-refractivity contribution in [2.75, 3.05) is 6.61 Å². The second-order valence-corrected chi connectivity index (χ2v) is 3.47. The quantitative estimate of drug-likeness (QED) is 0.485. The van der Waals surface area contributed by atoms with Gasteiger partial charge in [-0.2, -0.15) is 0 Å². The number of carbonyl (C=O) groups excluding carboxylic acids is 1. The Balaban J connectivity index is 2.36. The van der Waals surface area contributed by atoms with Crippen LogP contribution in [-0.4, -0.2) is 12.6 Å². The lowest BCUT2D eigenvalue weighted by Gasteiger charge is -2.21. The van der Waals surface area contributed by atoms with Crippen molar-refractivity contribution in [3.8, 4) is 0 Å². The summed E-state index contributed by atoms with van der Waals surface area (Å²) in [5.41, 5.74) is 1.49. The van der Waals surface area contributed by atoms with E-state index in [-0.39, 0.29) is 11.9 Å². The van der Waals surface area contributed by atoms with Crippen molar-refractivity contribution in [1.82, 2.24) is 0 Å². The minimum absolute atomic E-state index is 0.00217. The highest BCUT2D eigenvalue weighted by atomic mass is 16.5. The molecule has 1 rings (SSSR count). The molecule has 2 heteroatoms. The maximum absolute atomic E-state index is 11.4. The molecule has 0 heterocycles. The fourth-order valence-corrected chi connectivity index (χ4v) is 1.77. The van der Waals surface area contributed by atoms with E-state index in [0.29, 0.717) is 6.61 Å². The van der Waals surface area contributed by atoms with Gasteiger partial charge in [0.05, 0.1) is 12.5 Å². The molecule has 0 aromatic rings. The molecule has 0 saturated heterocycles. The van der Waals surface area contributed by atoms with Crippen molar-refractivity contribution in [3.05, 3.63) is 11.6 Å². The van der Waals surface area contributed by atoms with Crippen molar-refractivity contribution in [2.45, 2.75) is 39.5 Å². The van der Waals surface area contributed by atoms with Crippen LogP contribution in [0.15, 0.2) is 11.6 Å². The number of carbonyl (C=O) groups is 1. The summed E-state index contributed by atoms with van der Waals surface area (Å²) in [7, 11) is 0. The first-order valence-electron chi connectivity index (χ1n) is 5.08. The van der Waals surface area contributed by atoms with E-state index in [1.165, 1.54) is 5.57 Å². The molecule has 2 nitrogen and oxygen atoms in total. The van der Waals surface area contributed by atoms with Gasteiger partial charge in [-0.3, -0.25) is 4.79 Å². The Hall–Kier alpha value is -0.790. The van der Waals surface area contributed by atoms with E-state index in [1.54, 1.807) is 0 Å². The Kier molecular flexibility index (Phi) is 4.00. The second-order valence-electron chi connectivity index (χ2n) is 3.47. The van der Waals surface area contributed by atoms with Gasteiger partial charge < -0.3 is 4.74 Å². The third-order valence-electron chi connectivity index (χ3n) is 2.66. The van der Waals surface area contributed by atoms with Crippen LogP contribution in [0.5, 0.6) is 0 Å². The Bertz CT molecular complexity index is 196. The largest absolute Gasteiger partial charge is 0.466 e. The van der Waals surface area contributed by atoms with Crippen molar-refractivity contribution < 1.29 is 9.53 Å². The van der Waals surface area contributed by atoms with Gasteiger partial charge in [-0.15, -0.1) is 0 Å². The van der Waals surface area contributed by atoms with Gasteiger partial charge in [0, 0.05) is 0 Å². The zero-order valence-corrected chi connectivity index (χ0v) is 8.51. The molecule has 0 unspecified atom stereocenters. The number of hydrogen-bond acceptors (Lipinski definition) is 2. The molecule has 0 radical (unpaired) electrons. The van der Waals surface area contributed by atoms with Gasteiger partial charge in [0.15, 0.2) is 0 Å². The molecule has 0 atom stereocenters. The lowest BCUT2D eigenvalue weighted by Crippen LogP contribution is -2.20. The predicted molar refractivity (Wildman–Crippen MR) is 52.3 cm³/mol. The topological polar surface area (TPSA) is 26.3 Å². The van der Waals surface area contributed by atoms with Gasteiger partial charge >= 0.3 is 5.97 Å². The van der Waals surface area contributed by atoms with E-state index in [1.807, 2.05) is 6.92 Å². The molecule has 1 fully saturated rings.